The molecule has 0 saturated heterocycles. The second-order valence-electron chi connectivity index (χ2n) is 4.56. The lowest BCUT2D eigenvalue weighted by Gasteiger charge is -2.09. The highest BCUT2D eigenvalue weighted by Crippen LogP contribution is 2.37. The van der Waals surface area contributed by atoms with Crippen molar-refractivity contribution in [3.8, 4) is 11.3 Å². The third-order valence-electron chi connectivity index (χ3n) is 3.18. The van der Waals surface area contributed by atoms with E-state index in [2.05, 4.69) is 10.4 Å². The highest BCUT2D eigenvalue weighted by atomic mass is 35.5. The van der Waals surface area contributed by atoms with Gasteiger partial charge in [-0.25, -0.2) is 4.79 Å². The fraction of sp³-hybridized carbons (Fsp3) is 0.154. The Labute approximate surface area is 119 Å². The van der Waals surface area contributed by atoms with E-state index < -0.39 is 5.97 Å². The van der Waals surface area contributed by atoms with Crippen LogP contribution in [0.1, 0.15) is 16.1 Å². The monoisotopic (exact) mass is 291 g/mol. The van der Waals surface area contributed by atoms with Crippen LogP contribution in [0.3, 0.4) is 0 Å². The Morgan fingerprint density at radius 1 is 1.45 bits per heavy atom. The van der Waals surface area contributed by atoms with Gasteiger partial charge < -0.3 is 10.4 Å². The number of carboxylic acids is 1. The minimum Gasteiger partial charge on any atom is -0.476 e. The molecule has 102 valence electrons. The average Bonchev–Trinajstić information content (AvgIpc) is 2.90. The largest absolute Gasteiger partial charge is 0.476 e. The number of aromatic nitrogens is 2. The minimum absolute atomic E-state index is 0.0550. The molecule has 0 aliphatic carbocycles. The number of hydrogen-bond donors (Lipinski definition) is 2. The van der Waals surface area contributed by atoms with Crippen molar-refractivity contribution in [2.75, 3.05) is 5.32 Å². The van der Waals surface area contributed by atoms with Crippen LogP contribution in [0, 0.1) is 0 Å². The SMILES string of the molecule is Cn1nc(C(=O)O)cc1-c1cc(Cl)cc2c1NC(=O)C2. The quantitative estimate of drug-likeness (QED) is 0.885. The maximum Gasteiger partial charge on any atom is 0.356 e. The molecule has 7 heteroatoms. The van der Waals surface area contributed by atoms with E-state index in [0.717, 1.165) is 5.56 Å². The molecule has 0 bridgehead atoms. The zero-order valence-corrected chi connectivity index (χ0v) is 11.2. The fourth-order valence-electron chi connectivity index (χ4n) is 2.33. The molecule has 3 rings (SSSR count). The first-order chi connectivity index (χ1) is 9.45. The highest BCUT2D eigenvalue weighted by Gasteiger charge is 2.24. The molecule has 1 aliphatic rings. The summed E-state index contributed by atoms with van der Waals surface area (Å²) in [6.45, 7) is 0. The second-order valence-corrected chi connectivity index (χ2v) is 4.99. The summed E-state index contributed by atoms with van der Waals surface area (Å²) in [4.78, 5) is 22.5. The number of fused-ring (bicyclic) bond motifs is 1. The van der Waals surface area contributed by atoms with Crippen LogP contribution in [0.15, 0.2) is 18.2 Å². The Bertz CT molecular complexity index is 752. The van der Waals surface area contributed by atoms with E-state index in [4.69, 9.17) is 16.7 Å². The molecule has 1 aliphatic heterocycles. The molecule has 0 spiro atoms. The van der Waals surface area contributed by atoms with Crippen LogP contribution >= 0.6 is 11.6 Å². The number of halogens is 1. The number of benzene rings is 1. The molecule has 0 atom stereocenters. The summed E-state index contributed by atoms with van der Waals surface area (Å²) < 4.78 is 1.46. The van der Waals surface area contributed by atoms with Gasteiger partial charge in [-0.15, -0.1) is 0 Å². The zero-order chi connectivity index (χ0) is 14.4. The number of rotatable bonds is 2. The fourth-order valence-corrected chi connectivity index (χ4v) is 2.57. The van der Waals surface area contributed by atoms with Gasteiger partial charge in [0.2, 0.25) is 5.91 Å². The van der Waals surface area contributed by atoms with Crippen LogP contribution in [0.25, 0.3) is 11.3 Å². The Balaban J connectivity index is 2.21. The van der Waals surface area contributed by atoms with E-state index >= 15 is 0 Å². The third kappa shape index (κ3) is 1.94. The molecular weight excluding hydrogens is 282 g/mol. The van der Waals surface area contributed by atoms with Crippen LogP contribution in [0.4, 0.5) is 5.69 Å². The third-order valence-corrected chi connectivity index (χ3v) is 3.39. The van der Waals surface area contributed by atoms with Crippen molar-refractivity contribution in [1.29, 1.82) is 0 Å². The molecule has 0 saturated carbocycles. The molecule has 0 unspecified atom stereocenters. The van der Waals surface area contributed by atoms with Gasteiger partial charge in [0.15, 0.2) is 5.69 Å². The molecule has 2 N–H and O–H groups in total. The number of amides is 1. The molecule has 6 nitrogen and oxygen atoms in total. The molecule has 2 aromatic rings. The van der Waals surface area contributed by atoms with Crippen LogP contribution in [0.2, 0.25) is 5.02 Å². The van der Waals surface area contributed by atoms with Gasteiger partial charge in [-0.3, -0.25) is 9.48 Å². The summed E-state index contributed by atoms with van der Waals surface area (Å²) >= 11 is 6.06. The van der Waals surface area contributed by atoms with Gasteiger partial charge in [0.1, 0.15) is 0 Å². The van der Waals surface area contributed by atoms with Crippen molar-refractivity contribution in [3.63, 3.8) is 0 Å². The van der Waals surface area contributed by atoms with Crippen molar-refractivity contribution < 1.29 is 14.7 Å². The van der Waals surface area contributed by atoms with Crippen molar-refractivity contribution >= 4 is 29.2 Å². The van der Waals surface area contributed by atoms with Gasteiger partial charge in [0, 0.05) is 17.6 Å². The lowest BCUT2D eigenvalue weighted by atomic mass is 10.0. The average molecular weight is 292 g/mol. The lowest BCUT2D eigenvalue weighted by Crippen LogP contribution is -2.05. The van der Waals surface area contributed by atoms with Gasteiger partial charge >= 0.3 is 5.97 Å². The molecule has 1 aromatic heterocycles. The van der Waals surface area contributed by atoms with Crippen LogP contribution in [-0.2, 0) is 18.3 Å². The van der Waals surface area contributed by atoms with E-state index in [1.165, 1.54) is 10.7 Å². The summed E-state index contributed by atoms with van der Waals surface area (Å²) in [5, 5.41) is 16.2. The number of hydrogen-bond acceptors (Lipinski definition) is 3. The van der Waals surface area contributed by atoms with E-state index in [9.17, 15) is 9.59 Å². The molecule has 1 aromatic carbocycles. The number of aromatic carboxylic acids is 1. The van der Waals surface area contributed by atoms with Gasteiger partial charge in [-0.2, -0.15) is 5.10 Å². The Kier molecular flexibility index (Phi) is 2.76. The van der Waals surface area contributed by atoms with Crippen molar-refractivity contribution in [1.82, 2.24) is 9.78 Å². The van der Waals surface area contributed by atoms with Crippen molar-refractivity contribution in [3.05, 3.63) is 34.5 Å². The summed E-state index contributed by atoms with van der Waals surface area (Å²) in [6.07, 6.45) is 0.270. The maximum atomic E-state index is 11.5. The first-order valence-corrected chi connectivity index (χ1v) is 6.23. The van der Waals surface area contributed by atoms with E-state index in [1.807, 2.05) is 0 Å². The highest BCUT2D eigenvalue weighted by molar-refractivity contribution is 6.31. The van der Waals surface area contributed by atoms with Crippen LogP contribution in [-0.4, -0.2) is 26.8 Å². The van der Waals surface area contributed by atoms with Crippen molar-refractivity contribution in [2.24, 2.45) is 7.05 Å². The first-order valence-electron chi connectivity index (χ1n) is 5.85. The molecule has 20 heavy (non-hydrogen) atoms. The van der Waals surface area contributed by atoms with Crippen molar-refractivity contribution in [2.45, 2.75) is 6.42 Å². The van der Waals surface area contributed by atoms with E-state index in [0.29, 0.717) is 22.0 Å². The lowest BCUT2D eigenvalue weighted by molar-refractivity contribution is -0.115. The first kappa shape index (κ1) is 12.7. The van der Waals surface area contributed by atoms with E-state index in [1.54, 1.807) is 19.2 Å². The van der Waals surface area contributed by atoms with Gasteiger partial charge in [0.25, 0.3) is 0 Å². The normalized spacial score (nSPS) is 13.2. The summed E-state index contributed by atoms with van der Waals surface area (Å²) in [6, 6.07) is 4.88. The predicted molar refractivity (Wildman–Crippen MR) is 72.9 cm³/mol. The van der Waals surface area contributed by atoms with Gasteiger partial charge in [-0.1, -0.05) is 11.6 Å². The second kappa shape index (κ2) is 4.35. The number of carbonyl (C=O) groups is 2. The number of anilines is 1. The Morgan fingerprint density at radius 3 is 2.85 bits per heavy atom. The molecular formula is C13H10ClN3O3. The number of carbonyl (C=O) groups excluding carboxylic acids is 1. The predicted octanol–water partition coefficient (Wildman–Crippen LogP) is 1.93. The molecule has 0 fully saturated rings. The Morgan fingerprint density at radius 2 is 2.20 bits per heavy atom. The number of nitrogens with zero attached hydrogens (tertiary/aromatic N) is 2. The summed E-state index contributed by atoms with van der Waals surface area (Å²) in [5.41, 5.74) is 2.67. The summed E-state index contributed by atoms with van der Waals surface area (Å²) in [5.74, 6) is -1.21. The minimum atomic E-state index is -1.10. The van der Waals surface area contributed by atoms with Crippen LogP contribution in [0.5, 0.6) is 0 Å². The molecule has 1 amide bonds. The van der Waals surface area contributed by atoms with Gasteiger partial charge in [-0.05, 0) is 23.8 Å². The molecule has 0 radical (unpaired) electrons. The number of aryl methyl sites for hydroxylation is 1. The van der Waals surface area contributed by atoms with Crippen LogP contribution < -0.4 is 5.32 Å². The number of nitrogens with one attached hydrogen (secondary N) is 1. The topological polar surface area (TPSA) is 84.2 Å². The maximum absolute atomic E-state index is 11.5. The number of carboxylic acid groups (broad SMARTS) is 1. The van der Waals surface area contributed by atoms with Gasteiger partial charge in [0.05, 0.1) is 17.8 Å². The zero-order valence-electron chi connectivity index (χ0n) is 10.5. The Hall–Kier alpha value is -2.34. The molecule has 2 heterocycles. The van der Waals surface area contributed by atoms with E-state index in [-0.39, 0.29) is 18.0 Å². The summed E-state index contributed by atoms with van der Waals surface area (Å²) in [7, 11) is 1.64. The standard InChI is InChI=1S/C13H10ClN3O3/c1-17-10(5-9(16-17)13(19)20)8-4-7(14)2-6-3-11(18)15-12(6)8/h2,4-5H,3H2,1H3,(H,15,18)(H,19,20). The smallest absolute Gasteiger partial charge is 0.356 e.